The second-order valence-corrected chi connectivity index (χ2v) is 7.09. The Morgan fingerprint density at radius 2 is 2.00 bits per heavy atom. The first-order chi connectivity index (χ1) is 11.6. The zero-order chi connectivity index (χ0) is 17.1. The van der Waals surface area contributed by atoms with Crippen molar-refractivity contribution in [1.29, 1.82) is 5.26 Å². The molecule has 0 spiro atoms. The highest BCUT2D eigenvalue weighted by molar-refractivity contribution is 7.99. The fraction of sp³-hybridized carbons (Fsp3) is 0.278. The highest BCUT2D eigenvalue weighted by Gasteiger charge is 2.25. The van der Waals surface area contributed by atoms with Gasteiger partial charge in [0.05, 0.1) is 28.3 Å². The SMILES string of the molecule is CC(CN(C)N=O)CN1c2ccccc2Sc2ccc(C#N)cc21. The molecular weight excluding hydrogens is 320 g/mol. The van der Waals surface area contributed by atoms with Crippen LogP contribution in [0.25, 0.3) is 0 Å². The molecule has 1 aliphatic rings. The van der Waals surface area contributed by atoms with E-state index in [9.17, 15) is 10.2 Å². The van der Waals surface area contributed by atoms with Crippen LogP contribution in [-0.2, 0) is 0 Å². The van der Waals surface area contributed by atoms with E-state index in [0.717, 1.165) is 22.8 Å². The molecule has 0 aromatic heterocycles. The lowest BCUT2D eigenvalue weighted by atomic mass is 10.1. The lowest BCUT2D eigenvalue weighted by Gasteiger charge is -2.35. The molecule has 122 valence electrons. The quantitative estimate of drug-likeness (QED) is 0.597. The summed E-state index contributed by atoms with van der Waals surface area (Å²) in [5.74, 6) is 0.238. The van der Waals surface area contributed by atoms with Gasteiger partial charge >= 0.3 is 0 Å². The number of benzene rings is 2. The number of hydrogen-bond acceptors (Lipinski definition) is 5. The van der Waals surface area contributed by atoms with Crippen LogP contribution in [0.5, 0.6) is 0 Å². The van der Waals surface area contributed by atoms with Gasteiger partial charge < -0.3 is 4.90 Å². The van der Waals surface area contributed by atoms with E-state index in [0.29, 0.717) is 12.1 Å². The van der Waals surface area contributed by atoms with Crippen molar-refractivity contribution in [3.8, 4) is 6.07 Å². The minimum Gasteiger partial charge on any atom is -0.339 e. The van der Waals surface area contributed by atoms with Gasteiger partial charge in [-0.15, -0.1) is 4.91 Å². The number of nitrogens with zero attached hydrogens (tertiary/aromatic N) is 4. The molecule has 0 N–H and O–H groups in total. The molecule has 0 bridgehead atoms. The number of rotatable bonds is 5. The average Bonchev–Trinajstić information content (AvgIpc) is 2.61. The lowest BCUT2D eigenvalue weighted by molar-refractivity contribution is 0.298. The van der Waals surface area contributed by atoms with Gasteiger partial charge in [0, 0.05) is 29.9 Å². The largest absolute Gasteiger partial charge is 0.339 e. The maximum absolute atomic E-state index is 10.6. The Kier molecular flexibility index (Phi) is 4.72. The van der Waals surface area contributed by atoms with E-state index in [1.165, 1.54) is 9.90 Å². The van der Waals surface area contributed by atoms with Crippen molar-refractivity contribution in [3.63, 3.8) is 0 Å². The first kappa shape index (κ1) is 16.3. The molecular formula is C18H18N4OS. The Morgan fingerprint density at radius 1 is 1.25 bits per heavy atom. The molecule has 0 saturated carbocycles. The van der Waals surface area contributed by atoms with Gasteiger partial charge in [-0.2, -0.15) is 5.26 Å². The second-order valence-electron chi connectivity index (χ2n) is 6.00. The number of nitriles is 1. The van der Waals surface area contributed by atoms with Crippen LogP contribution in [0.1, 0.15) is 12.5 Å². The van der Waals surface area contributed by atoms with Crippen LogP contribution in [0, 0.1) is 22.2 Å². The van der Waals surface area contributed by atoms with Crippen molar-refractivity contribution in [2.45, 2.75) is 16.7 Å². The summed E-state index contributed by atoms with van der Waals surface area (Å²) >= 11 is 1.72. The van der Waals surface area contributed by atoms with Crippen molar-refractivity contribution in [2.75, 3.05) is 25.0 Å². The first-order valence-electron chi connectivity index (χ1n) is 7.75. The molecule has 5 nitrogen and oxygen atoms in total. The van der Waals surface area contributed by atoms with E-state index in [1.54, 1.807) is 18.8 Å². The summed E-state index contributed by atoms with van der Waals surface area (Å²) in [6, 6.07) is 16.3. The molecule has 3 rings (SSSR count). The molecule has 24 heavy (non-hydrogen) atoms. The third-order valence-corrected chi connectivity index (χ3v) is 5.09. The van der Waals surface area contributed by atoms with Crippen LogP contribution in [0.3, 0.4) is 0 Å². The van der Waals surface area contributed by atoms with Gasteiger partial charge in [0.25, 0.3) is 0 Å². The van der Waals surface area contributed by atoms with Crippen LogP contribution < -0.4 is 4.90 Å². The van der Waals surface area contributed by atoms with E-state index in [1.807, 2.05) is 30.3 Å². The lowest BCUT2D eigenvalue weighted by Crippen LogP contribution is -2.31. The van der Waals surface area contributed by atoms with Crippen molar-refractivity contribution < 1.29 is 0 Å². The predicted molar refractivity (Wildman–Crippen MR) is 96.3 cm³/mol. The molecule has 1 aliphatic heterocycles. The number of nitroso groups, excluding NO2 is 1. The van der Waals surface area contributed by atoms with Gasteiger partial charge in [0.15, 0.2) is 0 Å². The summed E-state index contributed by atoms with van der Waals surface area (Å²) < 4.78 is 0. The van der Waals surface area contributed by atoms with Crippen LogP contribution in [0.2, 0.25) is 0 Å². The molecule has 1 unspecified atom stereocenters. The summed E-state index contributed by atoms with van der Waals surface area (Å²) in [5, 5.41) is 13.6. The molecule has 0 aliphatic carbocycles. The molecule has 1 atom stereocenters. The molecule has 2 aromatic rings. The predicted octanol–water partition coefficient (Wildman–Crippen LogP) is 4.41. The summed E-state index contributed by atoms with van der Waals surface area (Å²) in [5.41, 5.74) is 2.84. The molecule has 0 fully saturated rings. The number of para-hydroxylation sites is 1. The Balaban J connectivity index is 1.97. The number of fused-ring (bicyclic) bond motifs is 2. The van der Waals surface area contributed by atoms with Crippen molar-refractivity contribution in [2.24, 2.45) is 11.2 Å². The normalized spacial score (nSPS) is 13.5. The molecule has 2 aromatic carbocycles. The average molecular weight is 338 g/mol. The summed E-state index contributed by atoms with van der Waals surface area (Å²) in [4.78, 5) is 15.2. The first-order valence-corrected chi connectivity index (χ1v) is 8.57. The zero-order valence-electron chi connectivity index (χ0n) is 13.6. The van der Waals surface area contributed by atoms with Gasteiger partial charge in [-0.05, 0) is 36.2 Å². The Morgan fingerprint density at radius 3 is 2.75 bits per heavy atom. The van der Waals surface area contributed by atoms with Crippen molar-refractivity contribution >= 4 is 23.1 Å². The van der Waals surface area contributed by atoms with Gasteiger partial charge in [-0.1, -0.05) is 30.8 Å². The Labute approximate surface area is 145 Å². The zero-order valence-corrected chi connectivity index (χ0v) is 14.5. The number of anilines is 2. The molecule has 0 saturated heterocycles. The van der Waals surface area contributed by atoms with Gasteiger partial charge in [-0.3, -0.25) is 5.01 Å². The summed E-state index contributed by atoms with van der Waals surface area (Å²) in [7, 11) is 1.69. The maximum Gasteiger partial charge on any atom is 0.0992 e. The van der Waals surface area contributed by atoms with Crippen molar-refractivity contribution in [1.82, 2.24) is 5.01 Å². The molecule has 1 heterocycles. The van der Waals surface area contributed by atoms with Crippen LogP contribution in [-0.4, -0.2) is 25.1 Å². The Hall–Kier alpha value is -2.52. The standard InChI is InChI=1S/C18H18N4OS/c1-13(11-21(2)20-23)12-22-15-5-3-4-6-17(15)24-18-8-7-14(10-19)9-16(18)22/h3-9,13H,11-12H2,1-2H3. The van der Waals surface area contributed by atoms with E-state index in [2.05, 4.69) is 35.3 Å². The highest BCUT2D eigenvalue weighted by Crippen LogP contribution is 2.48. The fourth-order valence-electron chi connectivity index (χ4n) is 2.95. The molecule has 0 amide bonds. The minimum absolute atomic E-state index is 0.238. The van der Waals surface area contributed by atoms with E-state index in [-0.39, 0.29) is 5.92 Å². The minimum atomic E-state index is 0.238. The number of hydrogen-bond donors (Lipinski definition) is 0. The maximum atomic E-state index is 10.6. The van der Waals surface area contributed by atoms with Gasteiger partial charge in [0.1, 0.15) is 0 Å². The van der Waals surface area contributed by atoms with Crippen molar-refractivity contribution in [3.05, 3.63) is 52.9 Å². The smallest absolute Gasteiger partial charge is 0.0992 e. The molecule has 6 heteroatoms. The van der Waals surface area contributed by atoms with Crippen LogP contribution in [0.15, 0.2) is 57.5 Å². The summed E-state index contributed by atoms with van der Waals surface area (Å²) in [6.07, 6.45) is 0. The van der Waals surface area contributed by atoms with Crippen LogP contribution >= 0.6 is 11.8 Å². The Bertz CT molecular complexity index is 802. The fourth-order valence-corrected chi connectivity index (χ4v) is 4.03. The summed E-state index contributed by atoms with van der Waals surface area (Å²) in [6.45, 7) is 3.43. The third-order valence-electron chi connectivity index (χ3n) is 3.96. The third kappa shape index (κ3) is 3.22. The monoisotopic (exact) mass is 338 g/mol. The van der Waals surface area contributed by atoms with Gasteiger partial charge in [-0.25, -0.2) is 0 Å². The van der Waals surface area contributed by atoms with E-state index in [4.69, 9.17) is 0 Å². The van der Waals surface area contributed by atoms with E-state index >= 15 is 0 Å². The van der Waals surface area contributed by atoms with Gasteiger partial charge in [0.2, 0.25) is 0 Å². The highest BCUT2D eigenvalue weighted by atomic mass is 32.2. The molecule has 0 radical (unpaired) electrons. The van der Waals surface area contributed by atoms with Crippen LogP contribution in [0.4, 0.5) is 11.4 Å². The second kappa shape index (κ2) is 6.93. The van der Waals surface area contributed by atoms with E-state index < -0.39 is 0 Å². The topological polar surface area (TPSA) is 59.7 Å².